The van der Waals surface area contributed by atoms with Crippen LogP contribution < -0.4 is 0 Å². The van der Waals surface area contributed by atoms with Crippen LogP contribution in [0.1, 0.15) is 81.1 Å². The Bertz CT molecular complexity index is 333. The molecule has 0 aromatic heterocycles. The summed E-state index contributed by atoms with van der Waals surface area (Å²) in [7, 11) is 0. The average Bonchev–Trinajstić information content (AvgIpc) is 2.36. The third-order valence-electron chi connectivity index (χ3n) is 6.01. The summed E-state index contributed by atoms with van der Waals surface area (Å²) in [5.41, 5.74) is 0.000233. The molecule has 0 N–H and O–H groups in total. The zero-order valence-electron chi connectivity index (χ0n) is 15.5. The highest BCUT2D eigenvalue weighted by atomic mass is 16.5. The van der Waals surface area contributed by atoms with Gasteiger partial charge in [-0.05, 0) is 55.8 Å². The highest BCUT2D eigenvalue weighted by Gasteiger charge is 2.42. The van der Waals surface area contributed by atoms with Crippen molar-refractivity contribution in [2.75, 3.05) is 0 Å². The molecule has 1 aliphatic rings. The summed E-state index contributed by atoms with van der Waals surface area (Å²) in [6.45, 7) is 17.5. The number of hydrogen-bond acceptors (Lipinski definition) is 2. The van der Waals surface area contributed by atoms with Crippen LogP contribution in [0.3, 0.4) is 0 Å². The Morgan fingerprint density at radius 2 is 1.33 bits per heavy atom. The summed E-state index contributed by atoms with van der Waals surface area (Å²) in [4.78, 5) is 12.7. The quantitative estimate of drug-likeness (QED) is 0.644. The van der Waals surface area contributed by atoms with E-state index in [1.165, 1.54) is 12.8 Å². The van der Waals surface area contributed by atoms with Crippen LogP contribution in [-0.4, -0.2) is 12.1 Å². The summed E-state index contributed by atoms with van der Waals surface area (Å²) in [6, 6.07) is 0. The van der Waals surface area contributed by atoms with Gasteiger partial charge in [-0.25, -0.2) is 0 Å². The molecule has 0 heterocycles. The predicted molar refractivity (Wildman–Crippen MR) is 89.1 cm³/mol. The summed E-state index contributed by atoms with van der Waals surface area (Å²) in [5, 5.41) is 0. The van der Waals surface area contributed by atoms with E-state index in [1.54, 1.807) is 0 Å². The number of ether oxygens (including phenoxy) is 1. The molecule has 21 heavy (non-hydrogen) atoms. The van der Waals surface area contributed by atoms with Gasteiger partial charge < -0.3 is 4.74 Å². The van der Waals surface area contributed by atoms with Crippen LogP contribution in [0.2, 0.25) is 0 Å². The van der Waals surface area contributed by atoms with E-state index in [0.29, 0.717) is 17.3 Å². The lowest BCUT2D eigenvalue weighted by molar-refractivity contribution is -0.169. The third-order valence-corrected chi connectivity index (χ3v) is 6.01. The van der Waals surface area contributed by atoms with Gasteiger partial charge in [-0.1, -0.05) is 48.5 Å². The maximum Gasteiger partial charge on any atom is 0.312 e. The fraction of sp³-hybridized carbons (Fsp3) is 0.947. The monoisotopic (exact) mass is 296 g/mol. The molecule has 0 aromatic rings. The molecule has 2 heteroatoms. The molecule has 0 aliphatic heterocycles. The summed E-state index contributed by atoms with van der Waals surface area (Å²) in [6.07, 6.45) is 4.55. The van der Waals surface area contributed by atoms with E-state index in [-0.39, 0.29) is 17.5 Å². The van der Waals surface area contributed by atoms with Crippen molar-refractivity contribution in [1.29, 1.82) is 0 Å². The molecule has 0 amide bonds. The second kappa shape index (κ2) is 6.71. The van der Waals surface area contributed by atoms with Gasteiger partial charge in [0.25, 0.3) is 0 Å². The summed E-state index contributed by atoms with van der Waals surface area (Å²) < 4.78 is 5.90. The van der Waals surface area contributed by atoms with E-state index in [9.17, 15) is 4.79 Å². The molecule has 0 saturated heterocycles. The van der Waals surface area contributed by atoms with Crippen LogP contribution >= 0.6 is 0 Å². The zero-order valence-corrected chi connectivity index (χ0v) is 15.5. The topological polar surface area (TPSA) is 26.3 Å². The number of carbonyl (C=O) groups excluding carboxylic acids is 1. The Morgan fingerprint density at radius 3 is 1.67 bits per heavy atom. The minimum absolute atomic E-state index is 0.00621. The maximum absolute atomic E-state index is 12.7. The van der Waals surface area contributed by atoms with Crippen molar-refractivity contribution >= 4 is 5.97 Å². The Labute approximate surface area is 132 Å². The van der Waals surface area contributed by atoms with Crippen LogP contribution in [0.25, 0.3) is 0 Å². The fourth-order valence-corrected chi connectivity index (χ4v) is 3.46. The van der Waals surface area contributed by atoms with Gasteiger partial charge in [-0.15, -0.1) is 0 Å². The van der Waals surface area contributed by atoms with E-state index in [1.807, 2.05) is 0 Å². The highest BCUT2D eigenvalue weighted by Crippen LogP contribution is 2.41. The molecule has 0 spiro atoms. The second-order valence-electron chi connectivity index (χ2n) is 8.84. The Morgan fingerprint density at radius 1 is 0.905 bits per heavy atom. The molecule has 1 rings (SSSR count). The minimum Gasteiger partial charge on any atom is -0.462 e. The van der Waals surface area contributed by atoms with E-state index < -0.39 is 0 Å². The van der Waals surface area contributed by atoms with Crippen LogP contribution in [0.5, 0.6) is 0 Å². The van der Waals surface area contributed by atoms with Crippen LogP contribution in [-0.2, 0) is 9.53 Å². The molecule has 0 atom stereocenters. The lowest BCUT2D eigenvalue weighted by Crippen LogP contribution is -2.42. The van der Waals surface area contributed by atoms with E-state index in [4.69, 9.17) is 4.74 Å². The Balaban J connectivity index is 2.61. The molecular formula is C19H36O2. The first-order valence-electron chi connectivity index (χ1n) is 8.70. The summed E-state index contributed by atoms with van der Waals surface area (Å²) in [5.74, 6) is 1.37. The first-order chi connectivity index (χ1) is 9.49. The van der Waals surface area contributed by atoms with Crippen molar-refractivity contribution in [3.63, 3.8) is 0 Å². The van der Waals surface area contributed by atoms with Crippen LogP contribution in [0.4, 0.5) is 0 Å². The molecule has 1 aliphatic carbocycles. The first-order valence-corrected chi connectivity index (χ1v) is 8.70. The van der Waals surface area contributed by atoms with Crippen molar-refractivity contribution in [1.82, 2.24) is 0 Å². The van der Waals surface area contributed by atoms with Crippen molar-refractivity contribution in [3.8, 4) is 0 Å². The van der Waals surface area contributed by atoms with Gasteiger partial charge in [0.2, 0.25) is 0 Å². The van der Waals surface area contributed by atoms with Gasteiger partial charge in [0, 0.05) is 0 Å². The molecule has 0 aromatic carbocycles. The highest BCUT2D eigenvalue weighted by molar-refractivity contribution is 5.77. The molecular weight excluding hydrogens is 260 g/mol. The normalized spacial score (nSPS) is 24.5. The van der Waals surface area contributed by atoms with E-state index >= 15 is 0 Å². The van der Waals surface area contributed by atoms with Gasteiger partial charge in [-0.3, -0.25) is 4.79 Å². The average molecular weight is 296 g/mol. The molecule has 2 nitrogen and oxygen atoms in total. The molecule has 0 radical (unpaired) electrons. The van der Waals surface area contributed by atoms with Gasteiger partial charge in [0.15, 0.2) is 0 Å². The van der Waals surface area contributed by atoms with Gasteiger partial charge in [-0.2, -0.15) is 0 Å². The van der Waals surface area contributed by atoms with Gasteiger partial charge >= 0.3 is 5.97 Å². The smallest absolute Gasteiger partial charge is 0.312 e. The lowest BCUT2D eigenvalue weighted by Gasteiger charge is -2.39. The van der Waals surface area contributed by atoms with Crippen molar-refractivity contribution < 1.29 is 9.53 Å². The van der Waals surface area contributed by atoms with Crippen molar-refractivity contribution in [2.45, 2.75) is 87.2 Å². The SMILES string of the molecule is CC(C)C(C)(C(=O)OC1CCC(C(C)(C)C)CC1)C(C)C. The summed E-state index contributed by atoms with van der Waals surface area (Å²) >= 11 is 0. The van der Waals surface area contributed by atoms with Crippen LogP contribution in [0, 0.1) is 28.6 Å². The lowest BCUT2D eigenvalue weighted by atomic mass is 9.70. The fourth-order valence-electron chi connectivity index (χ4n) is 3.46. The number of carbonyl (C=O) groups is 1. The second-order valence-corrected chi connectivity index (χ2v) is 8.84. The van der Waals surface area contributed by atoms with Crippen molar-refractivity contribution in [2.24, 2.45) is 28.6 Å². The van der Waals surface area contributed by atoms with E-state index in [2.05, 4.69) is 55.4 Å². The molecule has 1 fully saturated rings. The maximum atomic E-state index is 12.7. The van der Waals surface area contributed by atoms with E-state index in [0.717, 1.165) is 18.8 Å². The number of hydrogen-bond donors (Lipinski definition) is 0. The van der Waals surface area contributed by atoms with Crippen molar-refractivity contribution in [3.05, 3.63) is 0 Å². The Kier molecular flexibility index (Phi) is 5.91. The standard InChI is InChI=1S/C19H36O2/c1-13(2)19(8,14(3)4)17(20)21-16-11-9-15(10-12-16)18(5,6)7/h13-16H,9-12H2,1-8H3. The molecule has 124 valence electrons. The minimum atomic E-state index is -0.374. The number of rotatable bonds is 4. The Hall–Kier alpha value is -0.530. The van der Waals surface area contributed by atoms with Gasteiger partial charge in [0.05, 0.1) is 5.41 Å². The first kappa shape index (κ1) is 18.5. The largest absolute Gasteiger partial charge is 0.462 e. The molecule has 0 bridgehead atoms. The zero-order chi connectivity index (χ0) is 16.4. The molecule has 0 unspecified atom stereocenters. The number of esters is 1. The predicted octanol–water partition coefficient (Wildman–Crippen LogP) is 5.45. The molecule has 1 saturated carbocycles. The van der Waals surface area contributed by atoms with Crippen LogP contribution in [0.15, 0.2) is 0 Å². The van der Waals surface area contributed by atoms with Gasteiger partial charge in [0.1, 0.15) is 6.10 Å². The third kappa shape index (κ3) is 4.23.